The number of nitrogens with zero attached hydrogens (tertiary/aromatic N) is 3. The fourth-order valence-corrected chi connectivity index (χ4v) is 4.13. The van der Waals surface area contributed by atoms with Gasteiger partial charge in [-0.1, -0.05) is 23.4 Å². The van der Waals surface area contributed by atoms with E-state index < -0.39 is 0 Å². The van der Waals surface area contributed by atoms with E-state index in [0.29, 0.717) is 6.54 Å². The van der Waals surface area contributed by atoms with Crippen LogP contribution in [0.25, 0.3) is 10.9 Å². The van der Waals surface area contributed by atoms with Gasteiger partial charge in [0, 0.05) is 37.3 Å². The number of aryl methyl sites for hydroxylation is 2. The van der Waals surface area contributed by atoms with Gasteiger partial charge in [-0.2, -0.15) is 0 Å². The number of rotatable bonds is 5. The van der Waals surface area contributed by atoms with Crippen LogP contribution in [0.2, 0.25) is 0 Å². The van der Waals surface area contributed by atoms with Crippen molar-refractivity contribution in [2.24, 2.45) is 0 Å². The molecule has 0 unspecified atom stereocenters. The molecule has 1 atom stereocenters. The van der Waals surface area contributed by atoms with Crippen LogP contribution in [0.1, 0.15) is 41.9 Å². The summed E-state index contributed by atoms with van der Waals surface area (Å²) < 4.78 is 7.32. The molecule has 1 aromatic carbocycles. The monoisotopic (exact) mass is 366 g/mol. The van der Waals surface area contributed by atoms with Gasteiger partial charge in [0.1, 0.15) is 12.0 Å². The van der Waals surface area contributed by atoms with Crippen molar-refractivity contribution in [1.82, 2.24) is 19.9 Å². The van der Waals surface area contributed by atoms with Crippen molar-refractivity contribution >= 4 is 16.9 Å². The van der Waals surface area contributed by atoms with Gasteiger partial charge in [0.25, 0.3) is 0 Å². The zero-order valence-electron chi connectivity index (χ0n) is 16.2. The third-order valence-corrected chi connectivity index (χ3v) is 5.82. The summed E-state index contributed by atoms with van der Waals surface area (Å²) in [6.45, 7) is 5.83. The number of nitrogens with one attached hydrogen (secondary N) is 1. The van der Waals surface area contributed by atoms with Crippen LogP contribution in [-0.2, 0) is 19.4 Å². The number of benzene rings is 1. The van der Waals surface area contributed by atoms with Gasteiger partial charge in [-0.05, 0) is 44.2 Å². The molecule has 0 aliphatic carbocycles. The second-order valence-corrected chi connectivity index (χ2v) is 7.33. The van der Waals surface area contributed by atoms with E-state index in [1.165, 1.54) is 40.4 Å². The van der Waals surface area contributed by atoms with E-state index in [2.05, 4.69) is 40.2 Å². The molecule has 142 valence electrons. The molecule has 6 nitrogen and oxygen atoms in total. The fourth-order valence-electron chi connectivity index (χ4n) is 4.13. The third-order valence-electron chi connectivity index (χ3n) is 5.82. The quantitative estimate of drug-likeness (QED) is 0.746. The number of carbonyl (C=O) groups excluding carboxylic acids is 1. The van der Waals surface area contributed by atoms with E-state index in [-0.39, 0.29) is 12.1 Å². The molecule has 1 N–H and O–H groups in total. The van der Waals surface area contributed by atoms with Gasteiger partial charge in [0.05, 0.1) is 11.6 Å². The Bertz CT molecular complexity index is 958. The summed E-state index contributed by atoms with van der Waals surface area (Å²) in [6, 6.07) is 8.15. The van der Waals surface area contributed by atoms with Crippen LogP contribution >= 0.6 is 0 Å². The van der Waals surface area contributed by atoms with Gasteiger partial charge < -0.3 is 19.3 Å². The summed E-state index contributed by atoms with van der Waals surface area (Å²) in [7, 11) is 1.78. The Morgan fingerprint density at radius 2 is 2.26 bits per heavy atom. The number of aromatic nitrogens is 2. The van der Waals surface area contributed by atoms with Crippen molar-refractivity contribution in [3.05, 3.63) is 53.0 Å². The van der Waals surface area contributed by atoms with E-state index >= 15 is 0 Å². The molecule has 0 fully saturated rings. The summed E-state index contributed by atoms with van der Waals surface area (Å²) >= 11 is 0. The summed E-state index contributed by atoms with van der Waals surface area (Å²) in [6.07, 6.45) is 4.71. The highest BCUT2D eigenvalue weighted by atomic mass is 16.5. The Morgan fingerprint density at radius 1 is 1.41 bits per heavy atom. The number of hydrogen-bond donors (Lipinski definition) is 1. The number of amides is 2. The van der Waals surface area contributed by atoms with Crippen molar-refractivity contribution in [1.29, 1.82) is 0 Å². The van der Waals surface area contributed by atoms with Crippen LogP contribution in [0.15, 0.2) is 35.1 Å². The Hall–Kier alpha value is -2.76. The maximum absolute atomic E-state index is 12.5. The second kappa shape index (κ2) is 7.10. The molecule has 2 aromatic heterocycles. The van der Waals surface area contributed by atoms with E-state index in [1.54, 1.807) is 18.0 Å². The van der Waals surface area contributed by atoms with Crippen molar-refractivity contribution in [2.75, 3.05) is 13.6 Å². The molecule has 6 heteroatoms. The van der Waals surface area contributed by atoms with E-state index in [0.717, 1.165) is 25.1 Å². The van der Waals surface area contributed by atoms with Crippen molar-refractivity contribution < 1.29 is 9.32 Å². The highest BCUT2D eigenvalue weighted by molar-refractivity contribution is 5.88. The fraction of sp³-hybridized carbons (Fsp3) is 0.429. The molecule has 0 bridgehead atoms. The minimum absolute atomic E-state index is 0.100. The summed E-state index contributed by atoms with van der Waals surface area (Å²) in [4.78, 5) is 14.1. The van der Waals surface area contributed by atoms with Crippen molar-refractivity contribution in [3.63, 3.8) is 0 Å². The first kappa shape index (κ1) is 17.6. The number of hydrogen-bond acceptors (Lipinski definition) is 3. The highest BCUT2D eigenvalue weighted by Gasteiger charge is 2.21. The Morgan fingerprint density at radius 3 is 3.04 bits per heavy atom. The first-order chi connectivity index (χ1) is 13.1. The van der Waals surface area contributed by atoms with Gasteiger partial charge in [0.2, 0.25) is 0 Å². The molecule has 4 rings (SSSR count). The summed E-state index contributed by atoms with van der Waals surface area (Å²) in [5.74, 6) is 0. The molecule has 3 aromatic rings. The van der Waals surface area contributed by atoms with Crippen LogP contribution in [0, 0.1) is 6.92 Å². The summed E-state index contributed by atoms with van der Waals surface area (Å²) in [5, 5.41) is 8.30. The normalized spacial score (nSPS) is 14.3. The highest BCUT2D eigenvalue weighted by Crippen LogP contribution is 2.32. The van der Waals surface area contributed by atoms with Crippen LogP contribution in [-0.4, -0.2) is 34.2 Å². The predicted octanol–water partition coefficient (Wildman–Crippen LogP) is 3.83. The van der Waals surface area contributed by atoms with Crippen molar-refractivity contribution in [2.45, 2.75) is 45.7 Å². The second-order valence-electron chi connectivity index (χ2n) is 7.33. The topological polar surface area (TPSA) is 63.3 Å². The van der Waals surface area contributed by atoms with Crippen LogP contribution in [0.3, 0.4) is 0 Å². The van der Waals surface area contributed by atoms with Gasteiger partial charge in [-0.3, -0.25) is 0 Å². The molecule has 3 heterocycles. The molecule has 27 heavy (non-hydrogen) atoms. The molecule has 0 radical (unpaired) electrons. The first-order valence-electron chi connectivity index (χ1n) is 9.58. The van der Waals surface area contributed by atoms with Gasteiger partial charge >= 0.3 is 6.03 Å². The predicted molar refractivity (Wildman–Crippen MR) is 105 cm³/mol. The van der Waals surface area contributed by atoms with Crippen LogP contribution in [0.4, 0.5) is 4.79 Å². The Labute approximate surface area is 159 Å². The number of urea groups is 1. The lowest BCUT2D eigenvalue weighted by Gasteiger charge is -2.23. The van der Waals surface area contributed by atoms with Crippen LogP contribution in [0.5, 0.6) is 0 Å². The number of carbonyl (C=O) groups is 1. The smallest absolute Gasteiger partial charge is 0.317 e. The maximum atomic E-state index is 12.5. The largest absolute Gasteiger partial charge is 0.364 e. The Kier molecular flexibility index (Phi) is 4.64. The number of para-hydroxylation sites is 1. The van der Waals surface area contributed by atoms with Gasteiger partial charge in [-0.15, -0.1) is 0 Å². The van der Waals surface area contributed by atoms with Gasteiger partial charge in [-0.25, -0.2) is 4.79 Å². The minimum atomic E-state index is -0.135. The van der Waals surface area contributed by atoms with E-state index in [4.69, 9.17) is 4.52 Å². The van der Waals surface area contributed by atoms with E-state index in [1.807, 2.05) is 6.92 Å². The standard InChI is InChI=1S/C21H26N4O2/c1-14-17(18-8-4-6-16-7-5-12-25(14)20(16)18)9-11-22-21(26)24(3)15(2)19-10-13-27-23-19/h4,6,8,10,13,15H,5,7,9,11-12H2,1-3H3,(H,22,26)/t15-/m0/s1. The lowest BCUT2D eigenvalue weighted by Crippen LogP contribution is -2.39. The average Bonchev–Trinajstić information content (AvgIpc) is 3.31. The first-order valence-corrected chi connectivity index (χ1v) is 9.58. The third kappa shape index (κ3) is 3.09. The molecule has 1 aliphatic rings. The van der Waals surface area contributed by atoms with Crippen molar-refractivity contribution in [3.8, 4) is 0 Å². The minimum Gasteiger partial charge on any atom is -0.364 e. The zero-order chi connectivity index (χ0) is 19.0. The maximum Gasteiger partial charge on any atom is 0.317 e. The Balaban J connectivity index is 1.45. The van der Waals surface area contributed by atoms with Gasteiger partial charge in [0.15, 0.2) is 0 Å². The lowest BCUT2D eigenvalue weighted by atomic mass is 10.0. The molecular weight excluding hydrogens is 340 g/mol. The SMILES string of the molecule is Cc1c(CCNC(=O)N(C)[C@@H](C)c2ccon2)c2cccc3c2n1CCC3. The summed E-state index contributed by atoms with van der Waals surface area (Å²) in [5.41, 5.74) is 6.26. The lowest BCUT2D eigenvalue weighted by molar-refractivity contribution is 0.192. The molecule has 0 saturated carbocycles. The molecule has 2 amide bonds. The molecule has 0 saturated heterocycles. The molecule has 1 aliphatic heterocycles. The average molecular weight is 366 g/mol. The van der Waals surface area contributed by atoms with E-state index in [9.17, 15) is 4.79 Å². The molecule has 0 spiro atoms. The van der Waals surface area contributed by atoms with Crippen LogP contribution < -0.4 is 5.32 Å². The zero-order valence-corrected chi connectivity index (χ0v) is 16.2. The molecular formula is C21H26N4O2.